The van der Waals surface area contributed by atoms with Gasteiger partial charge in [-0.05, 0) is 30.7 Å². The van der Waals surface area contributed by atoms with Gasteiger partial charge in [0.25, 0.3) is 0 Å². The van der Waals surface area contributed by atoms with Crippen LogP contribution in [0.5, 0.6) is 0 Å². The molecule has 1 saturated heterocycles. The minimum atomic E-state index is -0.253. The maximum absolute atomic E-state index is 13.3. The lowest BCUT2D eigenvalue weighted by Crippen LogP contribution is -2.34. The summed E-state index contributed by atoms with van der Waals surface area (Å²) in [7, 11) is 0. The molecule has 1 N–H and O–H groups in total. The number of hydrogen-bond donors (Lipinski definition) is 1. The first-order chi connectivity index (χ1) is 13.7. The van der Waals surface area contributed by atoms with Crippen LogP contribution in [-0.4, -0.2) is 52.7 Å². The van der Waals surface area contributed by atoms with Crippen LogP contribution in [-0.2, 0) is 4.79 Å². The summed E-state index contributed by atoms with van der Waals surface area (Å²) in [6.07, 6.45) is 3.06. The number of fused-ring (bicyclic) bond motifs is 1. The number of thioether (sulfide) groups is 1. The van der Waals surface area contributed by atoms with Crippen LogP contribution in [0.4, 0.5) is 4.39 Å². The predicted octanol–water partition coefficient (Wildman–Crippen LogP) is 3.80. The summed E-state index contributed by atoms with van der Waals surface area (Å²) in [4.78, 5) is 24.2. The number of carbonyl (C=O) groups excluding carboxylic acids is 1. The Morgan fingerprint density at radius 1 is 1.21 bits per heavy atom. The molecule has 146 valence electrons. The fourth-order valence-electron chi connectivity index (χ4n) is 3.29. The molecule has 1 fully saturated rings. The summed E-state index contributed by atoms with van der Waals surface area (Å²) in [6.45, 7) is 3.44. The van der Waals surface area contributed by atoms with E-state index >= 15 is 0 Å². The highest BCUT2D eigenvalue weighted by atomic mass is 32.2. The third-order valence-electron chi connectivity index (χ3n) is 4.74. The summed E-state index contributed by atoms with van der Waals surface area (Å²) in [5.41, 5.74) is 1.95. The number of nitrogens with one attached hydrogen (secondary N) is 1. The van der Waals surface area contributed by atoms with Crippen molar-refractivity contribution in [3.05, 3.63) is 41.8 Å². The van der Waals surface area contributed by atoms with Gasteiger partial charge in [0.2, 0.25) is 5.91 Å². The fourth-order valence-corrected chi connectivity index (χ4v) is 5.21. The monoisotopic (exact) mass is 416 g/mol. The number of halogens is 1. The quantitative estimate of drug-likeness (QED) is 0.506. The fraction of sp³-hybridized carbons (Fsp3) is 0.350. The van der Waals surface area contributed by atoms with E-state index in [0.29, 0.717) is 12.2 Å². The van der Waals surface area contributed by atoms with Crippen molar-refractivity contribution in [2.45, 2.75) is 17.9 Å². The Kier molecular flexibility index (Phi) is 6.19. The second kappa shape index (κ2) is 8.98. The summed E-state index contributed by atoms with van der Waals surface area (Å²) >= 11 is 3.13. The second-order valence-corrected chi connectivity index (χ2v) is 8.54. The van der Waals surface area contributed by atoms with Gasteiger partial charge in [-0.15, -0.1) is 23.1 Å². The van der Waals surface area contributed by atoms with E-state index in [2.05, 4.69) is 15.3 Å². The molecule has 3 heterocycles. The molecule has 1 amide bonds. The third kappa shape index (κ3) is 4.34. The first kappa shape index (κ1) is 19.3. The first-order valence-corrected chi connectivity index (χ1v) is 11.2. The highest BCUT2D eigenvalue weighted by Crippen LogP contribution is 2.38. The Hall–Kier alpha value is -2.03. The summed E-state index contributed by atoms with van der Waals surface area (Å²) < 4.78 is 13.3. The number of nitrogens with zero attached hydrogens (tertiary/aromatic N) is 3. The van der Waals surface area contributed by atoms with Gasteiger partial charge >= 0.3 is 0 Å². The summed E-state index contributed by atoms with van der Waals surface area (Å²) in [6, 6.07) is 6.47. The molecule has 4 rings (SSSR count). The van der Waals surface area contributed by atoms with Gasteiger partial charge in [-0.25, -0.2) is 14.4 Å². The van der Waals surface area contributed by atoms with Crippen LogP contribution in [0.1, 0.15) is 12.8 Å². The van der Waals surface area contributed by atoms with Gasteiger partial charge < -0.3 is 10.2 Å². The van der Waals surface area contributed by atoms with Crippen LogP contribution >= 0.6 is 23.1 Å². The van der Waals surface area contributed by atoms with Crippen molar-refractivity contribution in [3.63, 3.8) is 0 Å². The number of hydrogen-bond acceptors (Lipinski definition) is 6. The molecule has 1 aliphatic heterocycles. The van der Waals surface area contributed by atoms with E-state index in [0.717, 1.165) is 59.0 Å². The lowest BCUT2D eigenvalue weighted by Gasteiger charge is -2.19. The Balaban J connectivity index is 1.48. The minimum absolute atomic E-state index is 0.200. The van der Waals surface area contributed by atoms with Crippen LogP contribution < -0.4 is 5.32 Å². The summed E-state index contributed by atoms with van der Waals surface area (Å²) in [5.74, 6) is 0.620. The van der Waals surface area contributed by atoms with Gasteiger partial charge in [0, 0.05) is 42.8 Å². The Morgan fingerprint density at radius 2 is 2.07 bits per heavy atom. The van der Waals surface area contributed by atoms with Gasteiger partial charge in [-0.3, -0.25) is 4.79 Å². The standard InChI is InChI=1S/C20H21FN4OS2/c21-15-4-2-14(3-5-15)16-12-28-20-18(16)19(23-13-24-20)27-11-6-17(26)25-9-1-7-22-8-10-25/h2-5,12-13,22H,1,6-11H2. The van der Waals surface area contributed by atoms with Crippen molar-refractivity contribution < 1.29 is 9.18 Å². The van der Waals surface area contributed by atoms with Crippen LogP contribution in [0, 0.1) is 5.82 Å². The van der Waals surface area contributed by atoms with Crippen molar-refractivity contribution >= 4 is 39.2 Å². The molecule has 0 atom stereocenters. The average Bonchev–Trinajstić information content (AvgIpc) is 2.95. The lowest BCUT2D eigenvalue weighted by atomic mass is 10.1. The molecule has 1 aliphatic rings. The van der Waals surface area contributed by atoms with Crippen LogP contribution in [0.2, 0.25) is 0 Å². The molecule has 3 aromatic rings. The Morgan fingerprint density at radius 3 is 2.93 bits per heavy atom. The highest BCUT2D eigenvalue weighted by Gasteiger charge is 2.17. The van der Waals surface area contributed by atoms with Crippen LogP contribution in [0.15, 0.2) is 41.0 Å². The molecule has 0 saturated carbocycles. The van der Waals surface area contributed by atoms with E-state index in [1.54, 1.807) is 41.6 Å². The number of thiophene rings is 1. The first-order valence-electron chi connectivity index (χ1n) is 9.32. The van der Waals surface area contributed by atoms with Crippen molar-refractivity contribution in [1.29, 1.82) is 0 Å². The maximum Gasteiger partial charge on any atom is 0.223 e. The van der Waals surface area contributed by atoms with E-state index in [-0.39, 0.29) is 11.7 Å². The molecular formula is C20H21FN4OS2. The van der Waals surface area contributed by atoms with Gasteiger partial charge in [-0.1, -0.05) is 12.1 Å². The van der Waals surface area contributed by atoms with Gasteiger partial charge in [0.05, 0.1) is 5.39 Å². The zero-order chi connectivity index (χ0) is 19.3. The molecule has 0 radical (unpaired) electrons. The number of carbonyl (C=O) groups is 1. The average molecular weight is 417 g/mol. The Labute approximate surface area is 171 Å². The largest absolute Gasteiger partial charge is 0.341 e. The topological polar surface area (TPSA) is 58.1 Å². The molecule has 8 heteroatoms. The molecule has 0 aliphatic carbocycles. The molecule has 28 heavy (non-hydrogen) atoms. The molecular weight excluding hydrogens is 395 g/mol. The van der Waals surface area contributed by atoms with E-state index in [1.807, 2.05) is 10.3 Å². The van der Waals surface area contributed by atoms with E-state index in [4.69, 9.17) is 0 Å². The van der Waals surface area contributed by atoms with Crippen LogP contribution in [0.3, 0.4) is 0 Å². The summed E-state index contributed by atoms with van der Waals surface area (Å²) in [5, 5.41) is 7.21. The smallest absolute Gasteiger partial charge is 0.223 e. The lowest BCUT2D eigenvalue weighted by molar-refractivity contribution is -0.130. The number of aromatic nitrogens is 2. The predicted molar refractivity (Wildman–Crippen MR) is 112 cm³/mol. The SMILES string of the molecule is O=C(CCSc1ncnc2scc(-c3ccc(F)cc3)c12)N1CCCNCC1. The van der Waals surface area contributed by atoms with Crippen molar-refractivity contribution in [3.8, 4) is 11.1 Å². The molecule has 0 unspecified atom stereocenters. The van der Waals surface area contributed by atoms with E-state index in [9.17, 15) is 9.18 Å². The molecule has 0 bridgehead atoms. The highest BCUT2D eigenvalue weighted by molar-refractivity contribution is 7.99. The second-order valence-electron chi connectivity index (χ2n) is 6.60. The molecule has 1 aromatic carbocycles. The molecule has 5 nitrogen and oxygen atoms in total. The van der Waals surface area contributed by atoms with Crippen molar-refractivity contribution in [1.82, 2.24) is 20.2 Å². The maximum atomic E-state index is 13.3. The number of benzene rings is 1. The van der Waals surface area contributed by atoms with Gasteiger partial charge in [0.1, 0.15) is 22.0 Å². The third-order valence-corrected chi connectivity index (χ3v) is 6.62. The zero-order valence-electron chi connectivity index (χ0n) is 15.4. The Bertz CT molecular complexity index is 952. The van der Waals surface area contributed by atoms with Crippen LogP contribution in [0.25, 0.3) is 21.3 Å². The number of rotatable bonds is 5. The number of amides is 1. The van der Waals surface area contributed by atoms with Gasteiger partial charge in [-0.2, -0.15) is 0 Å². The molecule has 0 spiro atoms. The normalized spacial score (nSPS) is 15.0. The van der Waals surface area contributed by atoms with Crippen molar-refractivity contribution in [2.24, 2.45) is 0 Å². The van der Waals surface area contributed by atoms with E-state index in [1.165, 1.54) is 12.1 Å². The molecule has 2 aromatic heterocycles. The van der Waals surface area contributed by atoms with E-state index < -0.39 is 0 Å². The minimum Gasteiger partial charge on any atom is -0.341 e. The zero-order valence-corrected chi connectivity index (χ0v) is 17.0. The van der Waals surface area contributed by atoms with Crippen molar-refractivity contribution in [2.75, 3.05) is 31.9 Å². The van der Waals surface area contributed by atoms with Gasteiger partial charge in [0.15, 0.2) is 0 Å².